The van der Waals surface area contributed by atoms with Crippen molar-refractivity contribution in [2.24, 2.45) is 0 Å². The van der Waals surface area contributed by atoms with E-state index in [1.807, 2.05) is 18.2 Å². The van der Waals surface area contributed by atoms with Gasteiger partial charge in [-0.15, -0.1) is 6.58 Å². The molecule has 0 saturated carbocycles. The average molecular weight is 214 g/mol. The minimum atomic E-state index is 0.0249. The molecule has 1 aromatic rings. The van der Waals surface area contributed by atoms with Crippen LogP contribution in [-0.2, 0) is 4.74 Å². The van der Waals surface area contributed by atoms with Crippen molar-refractivity contribution in [1.29, 1.82) is 0 Å². The number of Topliss-reactive ketones (excluding diaryl/α,β-unsaturated/α-hetero) is 1. The second-order valence-corrected chi connectivity index (χ2v) is 3.21. The van der Waals surface area contributed by atoms with E-state index in [-0.39, 0.29) is 5.78 Å². The van der Waals surface area contributed by atoms with Crippen molar-refractivity contribution in [2.45, 2.75) is 6.92 Å². The van der Waals surface area contributed by atoms with Crippen LogP contribution in [0.15, 0.2) is 36.9 Å². The molecule has 0 aliphatic heterocycles. The SMILES string of the molecule is C=CCOCC#Cc1ccccc1C(C)=O. The fourth-order valence-electron chi connectivity index (χ4n) is 1.22. The third-order valence-corrected chi connectivity index (χ3v) is 1.94. The van der Waals surface area contributed by atoms with E-state index in [1.165, 1.54) is 6.92 Å². The molecule has 0 aromatic heterocycles. The Labute approximate surface area is 95.9 Å². The molecule has 2 nitrogen and oxygen atoms in total. The van der Waals surface area contributed by atoms with Gasteiger partial charge in [0.2, 0.25) is 0 Å². The van der Waals surface area contributed by atoms with Gasteiger partial charge in [-0.1, -0.05) is 36.1 Å². The molecule has 0 unspecified atom stereocenters. The van der Waals surface area contributed by atoms with E-state index in [2.05, 4.69) is 18.4 Å². The topological polar surface area (TPSA) is 26.3 Å². The standard InChI is InChI=1S/C14H14O2/c1-3-10-16-11-6-8-13-7-4-5-9-14(13)12(2)15/h3-5,7,9H,1,10-11H2,2H3. The highest BCUT2D eigenvalue weighted by molar-refractivity contribution is 5.96. The van der Waals surface area contributed by atoms with Crippen LogP contribution in [0.3, 0.4) is 0 Å². The molecule has 0 amide bonds. The summed E-state index contributed by atoms with van der Waals surface area (Å²) in [7, 11) is 0. The first-order valence-corrected chi connectivity index (χ1v) is 5.03. The summed E-state index contributed by atoms with van der Waals surface area (Å²) in [6.45, 7) is 5.91. The fourth-order valence-corrected chi connectivity index (χ4v) is 1.22. The first kappa shape index (κ1) is 12.2. The largest absolute Gasteiger partial charge is 0.365 e. The normalized spacial score (nSPS) is 9.06. The lowest BCUT2D eigenvalue weighted by Crippen LogP contribution is -1.96. The van der Waals surface area contributed by atoms with E-state index in [0.717, 1.165) is 5.56 Å². The molecule has 0 aliphatic carbocycles. The summed E-state index contributed by atoms with van der Waals surface area (Å²) in [6.07, 6.45) is 1.67. The van der Waals surface area contributed by atoms with Crippen LogP contribution in [0.2, 0.25) is 0 Å². The Morgan fingerprint density at radius 3 is 2.94 bits per heavy atom. The van der Waals surface area contributed by atoms with E-state index in [4.69, 9.17) is 4.74 Å². The maximum Gasteiger partial charge on any atom is 0.161 e. The van der Waals surface area contributed by atoms with E-state index in [9.17, 15) is 4.79 Å². The minimum absolute atomic E-state index is 0.0249. The minimum Gasteiger partial charge on any atom is -0.365 e. The Morgan fingerprint density at radius 2 is 2.25 bits per heavy atom. The highest BCUT2D eigenvalue weighted by atomic mass is 16.5. The zero-order valence-corrected chi connectivity index (χ0v) is 9.32. The van der Waals surface area contributed by atoms with E-state index in [0.29, 0.717) is 18.8 Å². The van der Waals surface area contributed by atoms with Gasteiger partial charge in [0.15, 0.2) is 5.78 Å². The lowest BCUT2D eigenvalue weighted by molar-refractivity contribution is 0.101. The van der Waals surface area contributed by atoms with E-state index < -0.39 is 0 Å². The van der Waals surface area contributed by atoms with Crippen molar-refractivity contribution in [3.8, 4) is 11.8 Å². The molecular weight excluding hydrogens is 200 g/mol. The van der Waals surface area contributed by atoms with Crippen LogP contribution in [0.1, 0.15) is 22.8 Å². The summed E-state index contributed by atoms with van der Waals surface area (Å²) in [5.74, 6) is 5.81. The lowest BCUT2D eigenvalue weighted by Gasteiger charge is -1.98. The molecule has 16 heavy (non-hydrogen) atoms. The number of carbonyl (C=O) groups excluding carboxylic acids is 1. The first-order valence-electron chi connectivity index (χ1n) is 5.03. The van der Waals surface area contributed by atoms with Gasteiger partial charge in [0.25, 0.3) is 0 Å². The van der Waals surface area contributed by atoms with Crippen molar-refractivity contribution in [3.63, 3.8) is 0 Å². The van der Waals surface area contributed by atoms with Crippen LogP contribution in [0.4, 0.5) is 0 Å². The second kappa shape index (κ2) is 6.60. The van der Waals surface area contributed by atoms with Crippen molar-refractivity contribution < 1.29 is 9.53 Å². The van der Waals surface area contributed by atoms with Gasteiger partial charge in [-0.25, -0.2) is 0 Å². The number of rotatable bonds is 4. The second-order valence-electron chi connectivity index (χ2n) is 3.21. The molecule has 82 valence electrons. The summed E-state index contributed by atoms with van der Waals surface area (Å²) in [6, 6.07) is 7.30. The van der Waals surface area contributed by atoms with Gasteiger partial charge in [-0.05, 0) is 13.0 Å². The van der Waals surface area contributed by atoms with Crippen LogP contribution < -0.4 is 0 Å². The highest BCUT2D eigenvalue weighted by Crippen LogP contribution is 2.07. The molecule has 0 radical (unpaired) electrons. The lowest BCUT2D eigenvalue weighted by atomic mass is 10.1. The van der Waals surface area contributed by atoms with Crippen molar-refractivity contribution in [1.82, 2.24) is 0 Å². The maximum atomic E-state index is 11.3. The van der Waals surface area contributed by atoms with Crippen LogP contribution in [0.25, 0.3) is 0 Å². The molecule has 0 aliphatic rings. The Balaban J connectivity index is 2.72. The summed E-state index contributed by atoms with van der Waals surface area (Å²) in [5.41, 5.74) is 1.40. The van der Waals surface area contributed by atoms with Gasteiger partial charge in [0.1, 0.15) is 6.61 Å². The van der Waals surface area contributed by atoms with Gasteiger partial charge < -0.3 is 4.74 Å². The zero-order chi connectivity index (χ0) is 11.8. The molecule has 0 fully saturated rings. The predicted molar refractivity (Wildman–Crippen MR) is 64.3 cm³/mol. The number of ether oxygens (including phenoxy) is 1. The molecule has 0 bridgehead atoms. The molecule has 1 aromatic carbocycles. The number of benzene rings is 1. The Kier molecular flexibility index (Phi) is 5.04. The van der Waals surface area contributed by atoms with Gasteiger partial charge in [0.05, 0.1) is 6.61 Å². The quantitative estimate of drug-likeness (QED) is 0.333. The summed E-state index contributed by atoms with van der Waals surface area (Å²) >= 11 is 0. The maximum absolute atomic E-state index is 11.3. The number of ketones is 1. The van der Waals surface area contributed by atoms with Gasteiger partial charge >= 0.3 is 0 Å². The van der Waals surface area contributed by atoms with Crippen molar-refractivity contribution in [2.75, 3.05) is 13.2 Å². The number of hydrogen-bond donors (Lipinski definition) is 0. The average Bonchev–Trinajstić information content (AvgIpc) is 2.29. The van der Waals surface area contributed by atoms with E-state index in [1.54, 1.807) is 12.1 Å². The van der Waals surface area contributed by atoms with Crippen LogP contribution in [-0.4, -0.2) is 19.0 Å². The Bertz CT molecular complexity index is 436. The van der Waals surface area contributed by atoms with Crippen LogP contribution >= 0.6 is 0 Å². The highest BCUT2D eigenvalue weighted by Gasteiger charge is 2.02. The smallest absolute Gasteiger partial charge is 0.161 e. The molecule has 2 heteroatoms. The third kappa shape index (κ3) is 3.72. The van der Waals surface area contributed by atoms with Crippen LogP contribution in [0, 0.1) is 11.8 Å². The van der Waals surface area contributed by atoms with Gasteiger partial charge in [-0.3, -0.25) is 4.79 Å². The van der Waals surface area contributed by atoms with Gasteiger partial charge in [0, 0.05) is 11.1 Å². The number of carbonyl (C=O) groups is 1. The van der Waals surface area contributed by atoms with Gasteiger partial charge in [-0.2, -0.15) is 0 Å². The fraction of sp³-hybridized carbons (Fsp3) is 0.214. The Hall–Kier alpha value is -1.85. The van der Waals surface area contributed by atoms with E-state index >= 15 is 0 Å². The Morgan fingerprint density at radius 1 is 1.50 bits per heavy atom. The number of hydrogen-bond acceptors (Lipinski definition) is 2. The molecular formula is C14H14O2. The molecule has 0 saturated heterocycles. The first-order chi connectivity index (χ1) is 7.75. The van der Waals surface area contributed by atoms with Crippen LogP contribution in [0.5, 0.6) is 0 Å². The monoisotopic (exact) mass is 214 g/mol. The molecule has 0 atom stereocenters. The third-order valence-electron chi connectivity index (χ3n) is 1.94. The molecule has 1 rings (SSSR count). The molecule has 0 N–H and O–H groups in total. The summed E-state index contributed by atoms with van der Waals surface area (Å²) in [5, 5.41) is 0. The summed E-state index contributed by atoms with van der Waals surface area (Å²) < 4.78 is 5.13. The predicted octanol–water partition coefficient (Wildman–Crippen LogP) is 2.44. The van der Waals surface area contributed by atoms with Crippen molar-refractivity contribution >= 4 is 5.78 Å². The zero-order valence-electron chi connectivity index (χ0n) is 9.32. The summed E-state index contributed by atoms with van der Waals surface area (Å²) in [4.78, 5) is 11.3. The molecule has 0 heterocycles. The van der Waals surface area contributed by atoms with Crippen molar-refractivity contribution in [3.05, 3.63) is 48.0 Å². The molecule has 0 spiro atoms.